The van der Waals surface area contributed by atoms with Crippen LogP contribution in [-0.2, 0) is 10.0 Å². The second-order valence-electron chi connectivity index (χ2n) is 4.72. The van der Waals surface area contributed by atoms with Crippen molar-refractivity contribution in [2.24, 2.45) is 5.73 Å². The lowest BCUT2D eigenvalue weighted by Gasteiger charge is -2.14. The van der Waals surface area contributed by atoms with Crippen LogP contribution in [-0.4, -0.2) is 31.0 Å². The molecule has 0 aliphatic heterocycles. The normalized spacial score (nSPS) is 16.9. The molecule has 0 amide bonds. The van der Waals surface area contributed by atoms with E-state index in [4.69, 9.17) is 29.6 Å². The zero-order valence-electron chi connectivity index (χ0n) is 10.8. The fourth-order valence-corrected chi connectivity index (χ4v) is 4.36. The Hall–Kier alpha value is -0.340. The molecule has 0 radical (unpaired) electrons. The van der Waals surface area contributed by atoms with Crippen LogP contribution in [0.1, 0.15) is 18.4 Å². The van der Waals surface area contributed by atoms with Gasteiger partial charge >= 0.3 is 0 Å². The Morgan fingerprint density at radius 3 is 2.70 bits per heavy atom. The van der Waals surface area contributed by atoms with Crippen molar-refractivity contribution in [3.05, 3.63) is 28.8 Å². The number of hydrogen-bond acceptors (Lipinski definition) is 4. The van der Waals surface area contributed by atoms with Crippen molar-refractivity contribution >= 4 is 50.6 Å². The number of thiocarbonyl (C=S) groups is 1. The Labute approximate surface area is 133 Å². The average Bonchev–Trinajstić information content (AvgIpc) is 3.17. The van der Waals surface area contributed by atoms with Gasteiger partial charge in [-0.15, -0.1) is 0 Å². The summed E-state index contributed by atoms with van der Waals surface area (Å²) in [5, 5.41) is 0.159. The first-order valence-corrected chi connectivity index (χ1v) is 9.43. The summed E-state index contributed by atoms with van der Waals surface area (Å²) in [6, 6.07) is 4.51. The molecule has 1 saturated carbocycles. The Kier molecular flexibility index (Phi) is 4.66. The molecule has 4 nitrogen and oxygen atoms in total. The number of halogens is 1. The van der Waals surface area contributed by atoms with Crippen molar-refractivity contribution in [2.75, 3.05) is 12.8 Å². The summed E-state index contributed by atoms with van der Waals surface area (Å²) in [4.78, 5) is 0.155. The molecule has 1 aromatic rings. The van der Waals surface area contributed by atoms with Gasteiger partial charge in [-0.1, -0.05) is 29.9 Å². The fourth-order valence-electron chi connectivity index (χ4n) is 1.76. The van der Waals surface area contributed by atoms with Crippen LogP contribution in [0.3, 0.4) is 0 Å². The van der Waals surface area contributed by atoms with E-state index in [0.717, 1.165) is 12.8 Å². The molecule has 0 bridgehead atoms. The molecule has 0 spiro atoms. The van der Waals surface area contributed by atoms with Crippen LogP contribution in [0.2, 0.25) is 5.02 Å². The van der Waals surface area contributed by atoms with Crippen LogP contribution >= 0.6 is 35.6 Å². The summed E-state index contributed by atoms with van der Waals surface area (Å²) in [6.07, 6.45) is 4.04. The molecule has 1 aliphatic carbocycles. The second kappa shape index (κ2) is 5.81. The van der Waals surface area contributed by atoms with Crippen molar-refractivity contribution < 1.29 is 8.42 Å². The van der Waals surface area contributed by atoms with Gasteiger partial charge in [0, 0.05) is 16.9 Å². The minimum absolute atomic E-state index is 0.0152. The van der Waals surface area contributed by atoms with Crippen molar-refractivity contribution in [3.8, 4) is 0 Å². The van der Waals surface area contributed by atoms with E-state index in [1.54, 1.807) is 17.8 Å². The summed E-state index contributed by atoms with van der Waals surface area (Å²) in [6.45, 7) is 0.407. The molecule has 0 aromatic heterocycles. The molecule has 8 heteroatoms. The molecule has 0 atom stereocenters. The quantitative estimate of drug-likeness (QED) is 0.769. The largest absolute Gasteiger partial charge is 0.389 e. The number of nitrogens with one attached hydrogen (secondary N) is 1. The summed E-state index contributed by atoms with van der Waals surface area (Å²) in [7, 11) is -3.66. The molecule has 0 unspecified atom stereocenters. The lowest BCUT2D eigenvalue weighted by Crippen LogP contribution is -2.32. The maximum absolute atomic E-state index is 12.3. The summed E-state index contributed by atoms with van der Waals surface area (Å²) >= 11 is 12.5. The van der Waals surface area contributed by atoms with Crippen LogP contribution in [0.15, 0.2) is 23.1 Å². The Bertz CT molecular complexity index is 642. The Morgan fingerprint density at radius 1 is 1.55 bits per heavy atom. The predicted octanol–water partition coefficient (Wildman–Crippen LogP) is 2.15. The predicted molar refractivity (Wildman–Crippen MR) is 88.0 cm³/mol. The summed E-state index contributed by atoms with van der Waals surface area (Å²) < 4.78 is 27.3. The first-order valence-electron chi connectivity index (χ1n) is 5.94. The van der Waals surface area contributed by atoms with Gasteiger partial charge in [0.25, 0.3) is 0 Å². The lowest BCUT2D eigenvalue weighted by molar-refractivity contribution is 0.580. The molecule has 2 rings (SSSR count). The Morgan fingerprint density at radius 2 is 2.20 bits per heavy atom. The molecule has 110 valence electrons. The minimum atomic E-state index is -3.66. The Balaban J connectivity index is 2.24. The van der Waals surface area contributed by atoms with Crippen LogP contribution in [0.4, 0.5) is 0 Å². The molecular weight excluding hydrogens is 336 g/mol. The molecule has 1 aromatic carbocycles. The zero-order chi connectivity index (χ0) is 15.0. The van der Waals surface area contributed by atoms with Crippen LogP contribution < -0.4 is 10.5 Å². The maximum Gasteiger partial charge on any atom is 0.242 e. The third-order valence-corrected chi connectivity index (χ3v) is 6.87. The highest BCUT2D eigenvalue weighted by Crippen LogP contribution is 2.46. The molecule has 3 N–H and O–H groups in total. The number of sulfonamides is 1. The molecule has 0 heterocycles. The highest BCUT2D eigenvalue weighted by atomic mass is 35.5. The molecule has 20 heavy (non-hydrogen) atoms. The van der Waals surface area contributed by atoms with Crippen molar-refractivity contribution in [2.45, 2.75) is 22.5 Å². The van der Waals surface area contributed by atoms with Gasteiger partial charge in [0.1, 0.15) is 9.88 Å². The first kappa shape index (κ1) is 16.0. The van der Waals surface area contributed by atoms with E-state index in [0.29, 0.717) is 12.1 Å². The number of nitrogens with two attached hydrogens (primary N) is 1. The highest BCUT2D eigenvalue weighted by Gasteiger charge is 2.42. The number of thioether (sulfide) groups is 1. The van der Waals surface area contributed by atoms with E-state index in [9.17, 15) is 8.42 Å². The van der Waals surface area contributed by atoms with Gasteiger partial charge in [-0.3, -0.25) is 0 Å². The van der Waals surface area contributed by atoms with Crippen molar-refractivity contribution in [1.29, 1.82) is 0 Å². The van der Waals surface area contributed by atoms with Gasteiger partial charge < -0.3 is 5.73 Å². The fraction of sp³-hybridized carbons (Fsp3) is 0.417. The first-order chi connectivity index (χ1) is 9.30. The molecule has 0 saturated heterocycles. The molecule has 1 fully saturated rings. The number of benzene rings is 1. The molecular formula is C12H15ClN2O2S3. The SMILES string of the molecule is CSC1(CNS(=O)(=O)c2cc(C(N)=S)ccc2Cl)CC1. The minimum Gasteiger partial charge on any atom is -0.389 e. The highest BCUT2D eigenvalue weighted by molar-refractivity contribution is 8.00. The van der Waals surface area contributed by atoms with E-state index >= 15 is 0 Å². The summed E-state index contributed by atoms with van der Waals surface area (Å²) in [5.74, 6) is 0. The van der Waals surface area contributed by atoms with Crippen molar-refractivity contribution in [1.82, 2.24) is 4.72 Å². The van der Waals surface area contributed by atoms with Gasteiger partial charge in [0.2, 0.25) is 10.0 Å². The summed E-state index contributed by atoms with van der Waals surface area (Å²) in [5.41, 5.74) is 6.00. The van der Waals surface area contributed by atoms with E-state index < -0.39 is 10.0 Å². The van der Waals surface area contributed by atoms with Crippen LogP contribution in [0.25, 0.3) is 0 Å². The average molecular weight is 351 g/mol. The van der Waals surface area contributed by atoms with E-state index in [1.165, 1.54) is 12.1 Å². The smallest absolute Gasteiger partial charge is 0.242 e. The topological polar surface area (TPSA) is 72.2 Å². The van der Waals surface area contributed by atoms with Gasteiger partial charge in [-0.2, -0.15) is 11.8 Å². The van der Waals surface area contributed by atoms with E-state index in [2.05, 4.69) is 4.72 Å². The standard InChI is InChI=1S/C12H15ClN2O2S3/c1-19-12(4-5-12)7-15-20(16,17)10-6-8(11(14)18)2-3-9(10)13/h2-3,6,15H,4-5,7H2,1H3,(H2,14,18). The van der Waals surface area contributed by atoms with Crippen LogP contribution in [0.5, 0.6) is 0 Å². The van der Waals surface area contributed by atoms with E-state index in [-0.39, 0.29) is 19.7 Å². The van der Waals surface area contributed by atoms with Gasteiger partial charge in [-0.05, 0) is 31.2 Å². The second-order valence-corrected chi connectivity index (χ2v) is 8.58. The molecule has 1 aliphatic rings. The van der Waals surface area contributed by atoms with Crippen molar-refractivity contribution in [3.63, 3.8) is 0 Å². The van der Waals surface area contributed by atoms with E-state index in [1.807, 2.05) is 6.26 Å². The lowest BCUT2D eigenvalue weighted by atomic mass is 10.2. The maximum atomic E-state index is 12.3. The zero-order valence-corrected chi connectivity index (χ0v) is 14.1. The van der Waals surface area contributed by atoms with Gasteiger partial charge in [0.15, 0.2) is 0 Å². The number of rotatable bonds is 6. The van der Waals surface area contributed by atoms with Crippen LogP contribution in [0, 0.1) is 0 Å². The van der Waals surface area contributed by atoms with Gasteiger partial charge in [0.05, 0.1) is 5.02 Å². The monoisotopic (exact) mass is 350 g/mol. The van der Waals surface area contributed by atoms with Gasteiger partial charge in [-0.25, -0.2) is 13.1 Å². The number of hydrogen-bond donors (Lipinski definition) is 2. The third-order valence-electron chi connectivity index (χ3n) is 3.33. The third kappa shape index (κ3) is 3.46.